The van der Waals surface area contributed by atoms with Crippen molar-refractivity contribution in [2.75, 3.05) is 25.1 Å². The van der Waals surface area contributed by atoms with Crippen LogP contribution in [0.3, 0.4) is 0 Å². The highest BCUT2D eigenvalue weighted by Crippen LogP contribution is 2.44. The van der Waals surface area contributed by atoms with Gasteiger partial charge in [0.1, 0.15) is 9.84 Å². The number of hydrogen-bond donors (Lipinski definition) is 2. The average molecular weight is 572 g/mol. The van der Waals surface area contributed by atoms with E-state index < -0.39 is 9.84 Å². The van der Waals surface area contributed by atoms with Gasteiger partial charge in [-0.3, -0.25) is 4.99 Å². The standard InChI is InChI=1S/C19H30BrN3O2S.HI/c1-4-21-18(23-15(2)9-12-26(3,24)25)22-14-19(10-6-11-19)16-7-5-8-17(20)13-16;/h5,7-8,13,15H,4,6,9-12,14H2,1-3H3,(H2,21,22,23);1H. The Hall–Kier alpha value is -0.350. The molecule has 1 atom stereocenters. The number of nitrogens with one attached hydrogen (secondary N) is 2. The molecule has 1 aromatic rings. The van der Waals surface area contributed by atoms with Crippen molar-refractivity contribution in [3.8, 4) is 0 Å². The quantitative estimate of drug-likeness (QED) is 0.282. The number of aliphatic imine (C=N–C) groups is 1. The molecule has 0 radical (unpaired) electrons. The first-order valence-electron chi connectivity index (χ1n) is 9.23. The molecule has 1 aliphatic carbocycles. The van der Waals surface area contributed by atoms with E-state index in [1.54, 1.807) is 0 Å². The zero-order chi connectivity index (χ0) is 19.2. The summed E-state index contributed by atoms with van der Waals surface area (Å²) in [7, 11) is -2.94. The largest absolute Gasteiger partial charge is 0.357 e. The molecule has 2 rings (SSSR count). The van der Waals surface area contributed by atoms with Crippen LogP contribution in [-0.4, -0.2) is 45.5 Å². The van der Waals surface area contributed by atoms with E-state index in [4.69, 9.17) is 4.99 Å². The van der Waals surface area contributed by atoms with Crippen LogP contribution >= 0.6 is 39.9 Å². The number of benzene rings is 1. The first kappa shape index (κ1) is 24.7. The Morgan fingerprint density at radius 2 is 2.07 bits per heavy atom. The van der Waals surface area contributed by atoms with Crippen molar-refractivity contribution in [3.05, 3.63) is 34.3 Å². The summed E-state index contributed by atoms with van der Waals surface area (Å²) in [4.78, 5) is 4.83. The molecule has 0 amide bonds. The summed E-state index contributed by atoms with van der Waals surface area (Å²) in [6.45, 7) is 5.53. The van der Waals surface area contributed by atoms with Gasteiger partial charge < -0.3 is 10.6 Å². The first-order chi connectivity index (χ1) is 12.2. The molecular weight excluding hydrogens is 541 g/mol. The molecule has 1 aromatic carbocycles. The smallest absolute Gasteiger partial charge is 0.191 e. The highest BCUT2D eigenvalue weighted by atomic mass is 127. The fourth-order valence-electron chi connectivity index (χ4n) is 3.21. The molecule has 27 heavy (non-hydrogen) atoms. The number of hydrogen-bond acceptors (Lipinski definition) is 3. The molecule has 0 saturated heterocycles. The lowest BCUT2D eigenvalue weighted by atomic mass is 9.64. The van der Waals surface area contributed by atoms with Crippen molar-refractivity contribution in [2.45, 2.75) is 51.0 Å². The molecule has 0 bridgehead atoms. The van der Waals surface area contributed by atoms with Gasteiger partial charge in [0.25, 0.3) is 0 Å². The molecule has 0 aliphatic heterocycles. The van der Waals surface area contributed by atoms with E-state index in [0.29, 0.717) is 6.42 Å². The number of guanidine groups is 1. The number of rotatable bonds is 8. The lowest BCUT2D eigenvalue weighted by molar-refractivity contribution is 0.253. The fraction of sp³-hybridized carbons (Fsp3) is 0.632. The molecule has 8 heteroatoms. The summed E-state index contributed by atoms with van der Waals surface area (Å²) in [5, 5.41) is 6.61. The van der Waals surface area contributed by atoms with Crippen LogP contribution in [-0.2, 0) is 15.3 Å². The molecule has 5 nitrogen and oxygen atoms in total. The summed E-state index contributed by atoms with van der Waals surface area (Å²) >= 11 is 3.57. The van der Waals surface area contributed by atoms with E-state index in [0.717, 1.165) is 36.4 Å². The van der Waals surface area contributed by atoms with Gasteiger partial charge >= 0.3 is 0 Å². The second-order valence-electron chi connectivity index (χ2n) is 7.30. The lowest BCUT2D eigenvalue weighted by Crippen LogP contribution is -2.45. The van der Waals surface area contributed by atoms with E-state index >= 15 is 0 Å². The van der Waals surface area contributed by atoms with Crippen molar-refractivity contribution in [1.29, 1.82) is 0 Å². The Morgan fingerprint density at radius 3 is 2.59 bits per heavy atom. The normalized spacial score (nSPS) is 17.4. The Morgan fingerprint density at radius 1 is 1.37 bits per heavy atom. The van der Waals surface area contributed by atoms with Crippen LogP contribution in [0.2, 0.25) is 0 Å². The third kappa shape index (κ3) is 7.89. The Bertz CT molecular complexity index is 736. The molecular formula is C19H31BrIN3O2S. The van der Waals surface area contributed by atoms with Gasteiger partial charge in [-0.05, 0) is 50.8 Å². The van der Waals surface area contributed by atoms with Crippen LogP contribution in [0.4, 0.5) is 0 Å². The molecule has 1 aliphatic rings. The fourth-order valence-corrected chi connectivity index (χ4v) is 4.39. The van der Waals surface area contributed by atoms with Crippen LogP contribution in [0.15, 0.2) is 33.7 Å². The van der Waals surface area contributed by atoms with Crippen LogP contribution in [0, 0.1) is 0 Å². The second-order valence-corrected chi connectivity index (χ2v) is 10.5. The summed E-state index contributed by atoms with van der Waals surface area (Å²) in [6, 6.07) is 8.57. The second kappa shape index (κ2) is 11.0. The highest BCUT2D eigenvalue weighted by molar-refractivity contribution is 14.0. The third-order valence-corrected chi connectivity index (χ3v) is 6.41. The van der Waals surface area contributed by atoms with E-state index in [9.17, 15) is 8.42 Å². The maximum atomic E-state index is 11.4. The van der Waals surface area contributed by atoms with Crippen molar-refractivity contribution in [2.24, 2.45) is 4.99 Å². The molecule has 0 aromatic heterocycles. The molecule has 0 spiro atoms. The van der Waals surface area contributed by atoms with Gasteiger partial charge in [0.2, 0.25) is 0 Å². The summed E-state index contributed by atoms with van der Waals surface area (Å²) in [5.74, 6) is 0.942. The van der Waals surface area contributed by atoms with E-state index in [1.165, 1.54) is 18.2 Å². The third-order valence-electron chi connectivity index (χ3n) is 4.94. The first-order valence-corrected chi connectivity index (χ1v) is 12.1. The van der Waals surface area contributed by atoms with Gasteiger partial charge in [-0.15, -0.1) is 24.0 Å². The minimum atomic E-state index is -2.94. The predicted molar refractivity (Wildman–Crippen MR) is 128 cm³/mol. The van der Waals surface area contributed by atoms with Crippen LogP contribution in [0.5, 0.6) is 0 Å². The van der Waals surface area contributed by atoms with Gasteiger partial charge in [-0.2, -0.15) is 0 Å². The lowest BCUT2D eigenvalue weighted by Gasteiger charge is -2.41. The number of sulfone groups is 1. The van der Waals surface area contributed by atoms with Gasteiger partial charge in [0.05, 0.1) is 12.3 Å². The topological polar surface area (TPSA) is 70.6 Å². The number of halogens is 2. The molecule has 0 heterocycles. The average Bonchev–Trinajstić information content (AvgIpc) is 2.51. The Balaban J connectivity index is 0.00000364. The van der Waals surface area contributed by atoms with Crippen molar-refractivity contribution < 1.29 is 8.42 Å². The SMILES string of the molecule is CCNC(=NCC1(c2cccc(Br)c2)CCC1)NC(C)CCS(C)(=O)=O.I. The number of nitrogens with zero attached hydrogens (tertiary/aromatic N) is 1. The summed E-state index contributed by atoms with van der Waals surface area (Å²) < 4.78 is 23.8. The van der Waals surface area contributed by atoms with Crippen LogP contribution in [0.1, 0.15) is 45.1 Å². The maximum absolute atomic E-state index is 11.4. The molecule has 2 N–H and O–H groups in total. The molecule has 1 unspecified atom stereocenters. The minimum Gasteiger partial charge on any atom is -0.357 e. The highest BCUT2D eigenvalue weighted by Gasteiger charge is 2.38. The Kier molecular flexibility index (Phi) is 10.1. The van der Waals surface area contributed by atoms with Gasteiger partial charge in [-0.1, -0.05) is 34.5 Å². The van der Waals surface area contributed by atoms with Crippen molar-refractivity contribution in [1.82, 2.24) is 10.6 Å². The molecule has 1 saturated carbocycles. The van der Waals surface area contributed by atoms with Gasteiger partial charge in [-0.25, -0.2) is 8.42 Å². The van der Waals surface area contributed by atoms with E-state index in [2.05, 4.69) is 44.8 Å². The zero-order valence-corrected chi connectivity index (χ0v) is 21.0. The van der Waals surface area contributed by atoms with Crippen molar-refractivity contribution in [3.63, 3.8) is 0 Å². The predicted octanol–water partition coefficient (Wildman–Crippen LogP) is 3.87. The van der Waals surface area contributed by atoms with Crippen LogP contribution in [0.25, 0.3) is 0 Å². The minimum absolute atomic E-state index is 0. The van der Waals surface area contributed by atoms with Crippen molar-refractivity contribution >= 4 is 55.7 Å². The van der Waals surface area contributed by atoms with E-state index in [1.807, 2.05) is 19.9 Å². The van der Waals surface area contributed by atoms with Gasteiger partial charge in [0.15, 0.2) is 5.96 Å². The zero-order valence-electron chi connectivity index (χ0n) is 16.3. The maximum Gasteiger partial charge on any atom is 0.191 e. The van der Waals surface area contributed by atoms with Crippen LogP contribution < -0.4 is 10.6 Å². The molecule has 154 valence electrons. The summed E-state index contributed by atoms with van der Waals surface area (Å²) in [5.41, 5.74) is 1.45. The molecule has 1 fully saturated rings. The Labute approximate surface area is 189 Å². The van der Waals surface area contributed by atoms with E-state index in [-0.39, 0.29) is 41.2 Å². The van der Waals surface area contributed by atoms with Gasteiger partial charge in [0, 0.05) is 28.7 Å². The summed E-state index contributed by atoms with van der Waals surface area (Å²) in [6.07, 6.45) is 5.38. The monoisotopic (exact) mass is 571 g/mol.